The van der Waals surface area contributed by atoms with Crippen LogP contribution in [0.25, 0.3) is 0 Å². The molecule has 1 heterocycles. The Bertz CT molecular complexity index is 591. The number of nitrogens with one attached hydrogen (secondary N) is 1. The molecule has 0 bridgehead atoms. The van der Waals surface area contributed by atoms with Crippen molar-refractivity contribution in [2.45, 2.75) is 19.5 Å². The highest BCUT2D eigenvalue weighted by Crippen LogP contribution is 2.24. The Morgan fingerprint density at radius 1 is 1.35 bits per heavy atom. The number of aromatic carboxylic acids is 1. The zero-order chi connectivity index (χ0) is 14.5. The predicted octanol–water partition coefficient (Wildman–Crippen LogP) is 2.84. The maximum atomic E-state index is 10.7. The van der Waals surface area contributed by atoms with Gasteiger partial charge < -0.3 is 19.6 Å². The lowest BCUT2D eigenvalue weighted by Crippen LogP contribution is -2.18. The third-order valence-electron chi connectivity index (χ3n) is 3.06. The van der Waals surface area contributed by atoms with Crippen LogP contribution in [0.1, 0.15) is 34.8 Å². The molecule has 0 aliphatic heterocycles. The number of ether oxygens (including phenoxy) is 1. The Hall–Kier alpha value is -2.27. The lowest BCUT2D eigenvalue weighted by Gasteiger charge is -2.16. The molecule has 2 N–H and O–H groups in total. The first-order chi connectivity index (χ1) is 9.61. The molecule has 5 heteroatoms. The van der Waals surface area contributed by atoms with Crippen molar-refractivity contribution < 1.29 is 19.1 Å². The van der Waals surface area contributed by atoms with Crippen LogP contribution in [0.5, 0.6) is 5.75 Å². The van der Waals surface area contributed by atoms with Gasteiger partial charge in [0, 0.05) is 11.6 Å². The molecule has 0 radical (unpaired) electrons. The normalized spacial score (nSPS) is 12.1. The smallest absolute Gasteiger partial charge is 0.371 e. The van der Waals surface area contributed by atoms with Crippen LogP contribution in [0.4, 0.5) is 0 Å². The average molecular weight is 275 g/mol. The first kappa shape index (κ1) is 14.1. The van der Waals surface area contributed by atoms with E-state index in [0.717, 1.165) is 11.3 Å². The molecule has 1 atom stereocenters. The molecule has 106 valence electrons. The van der Waals surface area contributed by atoms with E-state index in [1.54, 1.807) is 13.2 Å². The van der Waals surface area contributed by atoms with Gasteiger partial charge in [-0.15, -0.1) is 0 Å². The minimum Gasteiger partial charge on any atom is -0.496 e. The maximum absolute atomic E-state index is 10.7. The Morgan fingerprint density at radius 3 is 2.75 bits per heavy atom. The van der Waals surface area contributed by atoms with Gasteiger partial charge in [-0.05, 0) is 25.1 Å². The molecule has 0 saturated carbocycles. The molecule has 2 aromatic rings. The molecule has 1 aromatic carbocycles. The second-order valence-corrected chi connectivity index (χ2v) is 4.42. The molecular weight excluding hydrogens is 258 g/mol. The first-order valence-corrected chi connectivity index (χ1v) is 6.30. The largest absolute Gasteiger partial charge is 0.496 e. The molecule has 0 spiro atoms. The van der Waals surface area contributed by atoms with Gasteiger partial charge in [0.15, 0.2) is 0 Å². The summed E-state index contributed by atoms with van der Waals surface area (Å²) in [4.78, 5) is 10.7. The first-order valence-electron chi connectivity index (χ1n) is 6.30. The molecule has 5 nitrogen and oxygen atoms in total. The van der Waals surface area contributed by atoms with Gasteiger partial charge in [0.1, 0.15) is 11.5 Å². The summed E-state index contributed by atoms with van der Waals surface area (Å²) in [5, 5.41) is 12.1. The summed E-state index contributed by atoms with van der Waals surface area (Å²) in [6.07, 6.45) is 0. The average Bonchev–Trinajstić information content (AvgIpc) is 2.94. The van der Waals surface area contributed by atoms with Crippen LogP contribution < -0.4 is 10.1 Å². The predicted molar refractivity (Wildman–Crippen MR) is 73.9 cm³/mol. The van der Waals surface area contributed by atoms with Crippen molar-refractivity contribution in [1.82, 2.24) is 5.32 Å². The number of hydrogen-bond donors (Lipinski definition) is 2. The van der Waals surface area contributed by atoms with Gasteiger partial charge in [-0.2, -0.15) is 0 Å². The van der Waals surface area contributed by atoms with E-state index in [1.165, 1.54) is 6.07 Å². The van der Waals surface area contributed by atoms with Crippen molar-refractivity contribution in [3.8, 4) is 5.75 Å². The third-order valence-corrected chi connectivity index (χ3v) is 3.06. The van der Waals surface area contributed by atoms with Gasteiger partial charge in [0.25, 0.3) is 0 Å². The van der Waals surface area contributed by atoms with E-state index in [1.807, 2.05) is 31.2 Å². The highest BCUT2D eigenvalue weighted by atomic mass is 16.5. The summed E-state index contributed by atoms with van der Waals surface area (Å²) in [6, 6.07) is 10.9. The topological polar surface area (TPSA) is 71.7 Å². The molecule has 0 saturated heterocycles. The van der Waals surface area contributed by atoms with Crippen LogP contribution in [0.15, 0.2) is 40.8 Å². The van der Waals surface area contributed by atoms with E-state index in [4.69, 9.17) is 14.3 Å². The van der Waals surface area contributed by atoms with E-state index in [-0.39, 0.29) is 11.8 Å². The fraction of sp³-hybridized carbons (Fsp3) is 0.267. The third kappa shape index (κ3) is 3.19. The standard InChI is InChI=1S/C15H17NO4/c1-10(12-5-3-4-6-13(12)19-2)16-9-11-7-8-14(20-11)15(17)18/h3-8,10,16H,9H2,1-2H3,(H,17,18). The van der Waals surface area contributed by atoms with Crippen molar-refractivity contribution >= 4 is 5.97 Å². The molecule has 20 heavy (non-hydrogen) atoms. The van der Waals surface area contributed by atoms with E-state index in [2.05, 4.69) is 5.32 Å². The minimum absolute atomic E-state index is 0.0493. The highest BCUT2D eigenvalue weighted by Gasteiger charge is 2.12. The SMILES string of the molecule is COc1ccccc1C(C)NCc1ccc(C(=O)O)o1. The summed E-state index contributed by atoms with van der Waals surface area (Å²) < 4.78 is 10.5. The number of carboxylic acid groups (broad SMARTS) is 1. The van der Waals surface area contributed by atoms with Crippen LogP contribution in [0, 0.1) is 0 Å². The molecule has 0 fully saturated rings. The summed E-state index contributed by atoms with van der Waals surface area (Å²) in [5.41, 5.74) is 1.04. The van der Waals surface area contributed by atoms with Gasteiger partial charge in [-0.1, -0.05) is 18.2 Å². The second kappa shape index (κ2) is 6.25. The molecule has 0 amide bonds. The van der Waals surface area contributed by atoms with Gasteiger partial charge in [-0.25, -0.2) is 4.79 Å². The molecule has 0 aliphatic carbocycles. The number of para-hydroxylation sites is 1. The van der Waals surface area contributed by atoms with Gasteiger partial charge in [0.05, 0.1) is 13.7 Å². The number of carboxylic acids is 1. The van der Waals surface area contributed by atoms with Crippen molar-refractivity contribution in [1.29, 1.82) is 0 Å². The number of carbonyl (C=O) groups is 1. The van der Waals surface area contributed by atoms with Crippen molar-refractivity contribution in [3.63, 3.8) is 0 Å². The van der Waals surface area contributed by atoms with Crippen molar-refractivity contribution in [2.75, 3.05) is 7.11 Å². The molecule has 1 unspecified atom stereocenters. The van der Waals surface area contributed by atoms with Gasteiger partial charge >= 0.3 is 5.97 Å². The van der Waals surface area contributed by atoms with Crippen LogP contribution in [0.3, 0.4) is 0 Å². The summed E-state index contributed by atoms with van der Waals surface area (Å²) in [7, 11) is 1.64. The number of benzene rings is 1. The molecule has 0 aliphatic rings. The van der Waals surface area contributed by atoms with Crippen molar-refractivity contribution in [3.05, 3.63) is 53.5 Å². The highest BCUT2D eigenvalue weighted by molar-refractivity contribution is 5.84. The Kier molecular flexibility index (Phi) is 4.42. The molecule has 1 aromatic heterocycles. The summed E-state index contributed by atoms with van der Waals surface area (Å²) in [6.45, 7) is 2.46. The van der Waals surface area contributed by atoms with E-state index in [0.29, 0.717) is 12.3 Å². The zero-order valence-electron chi connectivity index (χ0n) is 11.4. The maximum Gasteiger partial charge on any atom is 0.371 e. The minimum atomic E-state index is -1.06. The summed E-state index contributed by atoms with van der Waals surface area (Å²) >= 11 is 0. The van der Waals surface area contributed by atoms with Crippen LogP contribution in [0.2, 0.25) is 0 Å². The number of methoxy groups -OCH3 is 1. The zero-order valence-corrected chi connectivity index (χ0v) is 11.4. The van der Waals surface area contributed by atoms with E-state index >= 15 is 0 Å². The fourth-order valence-corrected chi connectivity index (χ4v) is 1.98. The Balaban J connectivity index is 2.00. The quantitative estimate of drug-likeness (QED) is 0.848. The Morgan fingerprint density at radius 2 is 2.10 bits per heavy atom. The van der Waals surface area contributed by atoms with Crippen molar-refractivity contribution in [2.24, 2.45) is 0 Å². The monoisotopic (exact) mass is 275 g/mol. The van der Waals surface area contributed by atoms with Gasteiger partial charge in [0.2, 0.25) is 5.76 Å². The lowest BCUT2D eigenvalue weighted by molar-refractivity contribution is 0.0660. The number of furan rings is 1. The molecular formula is C15H17NO4. The molecule has 2 rings (SSSR count). The van der Waals surface area contributed by atoms with Crippen LogP contribution in [-0.2, 0) is 6.54 Å². The van der Waals surface area contributed by atoms with Crippen LogP contribution >= 0.6 is 0 Å². The second-order valence-electron chi connectivity index (χ2n) is 4.42. The van der Waals surface area contributed by atoms with E-state index in [9.17, 15) is 4.79 Å². The van der Waals surface area contributed by atoms with Gasteiger partial charge in [-0.3, -0.25) is 0 Å². The lowest BCUT2D eigenvalue weighted by atomic mass is 10.1. The number of hydrogen-bond acceptors (Lipinski definition) is 4. The fourth-order valence-electron chi connectivity index (χ4n) is 1.98. The Labute approximate surface area is 117 Å². The number of rotatable bonds is 6. The van der Waals surface area contributed by atoms with Crippen LogP contribution in [-0.4, -0.2) is 18.2 Å². The summed E-state index contributed by atoms with van der Waals surface area (Å²) in [5.74, 6) is 0.295. The van der Waals surface area contributed by atoms with E-state index < -0.39 is 5.97 Å².